The second kappa shape index (κ2) is 13.3. The topological polar surface area (TPSA) is 58.3 Å². The molecule has 0 fully saturated rings. The Bertz CT molecular complexity index is 684. The van der Waals surface area contributed by atoms with Gasteiger partial charge in [0.25, 0.3) is 0 Å². The summed E-state index contributed by atoms with van der Waals surface area (Å²) in [5.74, 6) is 1.75. The van der Waals surface area contributed by atoms with Crippen molar-refractivity contribution in [2.24, 2.45) is 4.99 Å². The molecule has 2 aromatic heterocycles. The van der Waals surface area contributed by atoms with Crippen LogP contribution in [0.2, 0.25) is 0 Å². The number of nitrogens with zero attached hydrogens (tertiary/aromatic N) is 5. The first-order chi connectivity index (χ1) is 12.7. The Morgan fingerprint density at radius 3 is 2.89 bits per heavy atom. The number of unbranched alkanes of at least 4 members (excludes halogenated alkanes) is 3. The van der Waals surface area contributed by atoms with Crippen molar-refractivity contribution < 1.29 is 0 Å². The van der Waals surface area contributed by atoms with Gasteiger partial charge in [-0.15, -0.1) is 30.6 Å². The minimum absolute atomic E-state index is 0. The molecular weight excluding hydrogens is 451 g/mol. The summed E-state index contributed by atoms with van der Waals surface area (Å²) in [6.45, 7) is 8.33. The SMILES string of the molecule is C=CCCCCCN(C)C(=NCc1ccnc(-n2cccn2)c1)NCC.I. The summed E-state index contributed by atoms with van der Waals surface area (Å²) >= 11 is 0. The van der Waals surface area contributed by atoms with E-state index in [0.29, 0.717) is 6.54 Å². The van der Waals surface area contributed by atoms with E-state index in [9.17, 15) is 0 Å². The molecule has 2 aromatic rings. The highest BCUT2D eigenvalue weighted by Gasteiger charge is 2.06. The van der Waals surface area contributed by atoms with Crippen LogP contribution in [0.4, 0.5) is 0 Å². The summed E-state index contributed by atoms with van der Waals surface area (Å²) < 4.78 is 1.76. The smallest absolute Gasteiger partial charge is 0.193 e. The van der Waals surface area contributed by atoms with Crippen LogP contribution < -0.4 is 5.32 Å². The van der Waals surface area contributed by atoms with E-state index in [1.807, 2.05) is 30.5 Å². The standard InChI is InChI=1S/C20H30N6.HI/c1-4-6-7-8-9-14-25(3)20(21-5-2)23-17-18-11-13-22-19(16-18)26-15-10-12-24-26;/h4,10-13,15-16H,1,5-9,14,17H2,2-3H3,(H,21,23);1H. The van der Waals surface area contributed by atoms with E-state index in [0.717, 1.165) is 43.3 Å². The number of hydrogen-bond donors (Lipinski definition) is 1. The first kappa shape index (κ1) is 23.1. The molecule has 0 aliphatic rings. The molecule has 0 saturated heterocycles. The van der Waals surface area contributed by atoms with Crippen LogP contribution in [0.15, 0.2) is 54.4 Å². The fourth-order valence-electron chi connectivity index (χ4n) is 2.64. The fourth-order valence-corrected chi connectivity index (χ4v) is 2.64. The number of aromatic nitrogens is 3. The number of nitrogens with one attached hydrogen (secondary N) is 1. The van der Waals surface area contributed by atoms with Gasteiger partial charge in [-0.2, -0.15) is 5.10 Å². The highest BCUT2D eigenvalue weighted by atomic mass is 127. The number of pyridine rings is 1. The lowest BCUT2D eigenvalue weighted by atomic mass is 10.2. The van der Waals surface area contributed by atoms with Crippen molar-refractivity contribution in [2.45, 2.75) is 39.2 Å². The number of allylic oxidation sites excluding steroid dienone is 1. The molecule has 0 amide bonds. The minimum Gasteiger partial charge on any atom is -0.357 e. The second-order valence-electron chi connectivity index (χ2n) is 6.20. The zero-order valence-electron chi connectivity index (χ0n) is 16.3. The van der Waals surface area contributed by atoms with Gasteiger partial charge in [-0.05, 0) is 49.9 Å². The largest absolute Gasteiger partial charge is 0.357 e. The summed E-state index contributed by atoms with van der Waals surface area (Å²) in [5, 5.41) is 7.60. The molecule has 0 unspecified atom stereocenters. The molecule has 0 aliphatic heterocycles. The van der Waals surface area contributed by atoms with Crippen LogP contribution in [-0.2, 0) is 6.54 Å². The number of rotatable bonds is 10. The number of aliphatic imine (C=N–C) groups is 1. The summed E-state index contributed by atoms with van der Waals surface area (Å²) in [7, 11) is 2.09. The van der Waals surface area contributed by atoms with E-state index in [2.05, 4.69) is 40.8 Å². The van der Waals surface area contributed by atoms with Gasteiger partial charge in [0, 0.05) is 38.7 Å². The van der Waals surface area contributed by atoms with Gasteiger partial charge in [0.1, 0.15) is 0 Å². The van der Waals surface area contributed by atoms with Crippen molar-refractivity contribution in [3.8, 4) is 5.82 Å². The lowest BCUT2D eigenvalue weighted by Gasteiger charge is -2.22. The van der Waals surface area contributed by atoms with Crippen LogP contribution in [0.5, 0.6) is 0 Å². The van der Waals surface area contributed by atoms with Crippen LogP contribution in [0, 0.1) is 0 Å². The molecule has 6 nitrogen and oxygen atoms in total. The molecule has 0 aliphatic carbocycles. The molecule has 0 aromatic carbocycles. The molecular formula is C20H31IN6. The van der Waals surface area contributed by atoms with Crippen molar-refractivity contribution >= 4 is 29.9 Å². The van der Waals surface area contributed by atoms with Gasteiger partial charge in [-0.1, -0.05) is 12.5 Å². The lowest BCUT2D eigenvalue weighted by Crippen LogP contribution is -2.39. The van der Waals surface area contributed by atoms with Crippen molar-refractivity contribution in [1.29, 1.82) is 0 Å². The van der Waals surface area contributed by atoms with E-state index in [-0.39, 0.29) is 24.0 Å². The van der Waals surface area contributed by atoms with Crippen LogP contribution in [0.1, 0.15) is 38.2 Å². The summed E-state index contributed by atoms with van der Waals surface area (Å²) in [6.07, 6.45) is 12.1. The van der Waals surface area contributed by atoms with E-state index in [1.54, 1.807) is 17.1 Å². The van der Waals surface area contributed by atoms with Crippen molar-refractivity contribution in [3.63, 3.8) is 0 Å². The Balaban J connectivity index is 0.00000364. The zero-order chi connectivity index (χ0) is 18.6. The van der Waals surface area contributed by atoms with Gasteiger partial charge in [-0.25, -0.2) is 14.7 Å². The Hall–Kier alpha value is -1.90. The van der Waals surface area contributed by atoms with Crippen LogP contribution in [-0.4, -0.2) is 45.8 Å². The molecule has 1 N–H and O–H groups in total. The highest BCUT2D eigenvalue weighted by molar-refractivity contribution is 14.0. The zero-order valence-corrected chi connectivity index (χ0v) is 18.7. The van der Waals surface area contributed by atoms with Gasteiger partial charge in [0.2, 0.25) is 0 Å². The number of halogens is 1. The first-order valence-electron chi connectivity index (χ1n) is 9.30. The molecule has 27 heavy (non-hydrogen) atoms. The van der Waals surface area contributed by atoms with Gasteiger partial charge in [0.05, 0.1) is 6.54 Å². The van der Waals surface area contributed by atoms with Crippen LogP contribution in [0.3, 0.4) is 0 Å². The summed E-state index contributed by atoms with van der Waals surface area (Å²) in [5.41, 5.74) is 1.11. The van der Waals surface area contributed by atoms with Gasteiger partial charge in [0.15, 0.2) is 11.8 Å². The average molecular weight is 482 g/mol. The summed E-state index contributed by atoms with van der Waals surface area (Å²) in [4.78, 5) is 11.3. The second-order valence-corrected chi connectivity index (χ2v) is 6.20. The Morgan fingerprint density at radius 1 is 1.33 bits per heavy atom. The molecule has 2 heterocycles. The molecule has 0 atom stereocenters. The maximum atomic E-state index is 4.78. The van der Waals surface area contributed by atoms with E-state index >= 15 is 0 Å². The third-order valence-electron chi connectivity index (χ3n) is 4.06. The Kier molecular flexibility index (Phi) is 11.4. The number of hydrogen-bond acceptors (Lipinski definition) is 3. The van der Waals surface area contributed by atoms with Gasteiger partial charge in [-0.3, -0.25) is 0 Å². The lowest BCUT2D eigenvalue weighted by molar-refractivity contribution is 0.455. The third kappa shape index (κ3) is 8.11. The maximum Gasteiger partial charge on any atom is 0.193 e. The first-order valence-corrected chi connectivity index (χ1v) is 9.30. The molecule has 2 rings (SSSR count). The third-order valence-corrected chi connectivity index (χ3v) is 4.06. The highest BCUT2D eigenvalue weighted by Crippen LogP contribution is 2.08. The van der Waals surface area contributed by atoms with Crippen molar-refractivity contribution in [3.05, 3.63) is 55.0 Å². The summed E-state index contributed by atoms with van der Waals surface area (Å²) in [6, 6.07) is 5.91. The molecule has 148 valence electrons. The monoisotopic (exact) mass is 482 g/mol. The predicted molar refractivity (Wildman–Crippen MR) is 123 cm³/mol. The van der Waals surface area contributed by atoms with Crippen molar-refractivity contribution in [2.75, 3.05) is 20.1 Å². The van der Waals surface area contributed by atoms with Crippen molar-refractivity contribution in [1.82, 2.24) is 25.0 Å². The molecule has 0 spiro atoms. The average Bonchev–Trinajstić information content (AvgIpc) is 3.20. The van der Waals surface area contributed by atoms with E-state index in [1.165, 1.54) is 12.8 Å². The van der Waals surface area contributed by atoms with Crippen LogP contribution in [0.25, 0.3) is 5.82 Å². The van der Waals surface area contributed by atoms with Crippen LogP contribution >= 0.6 is 24.0 Å². The van der Waals surface area contributed by atoms with Gasteiger partial charge >= 0.3 is 0 Å². The normalized spacial score (nSPS) is 11.0. The maximum absolute atomic E-state index is 4.78. The predicted octanol–water partition coefficient (Wildman–Crippen LogP) is 4.03. The molecule has 0 radical (unpaired) electrons. The van der Waals surface area contributed by atoms with E-state index < -0.39 is 0 Å². The minimum atomic E-state index is 0. The molecule has 0 bridgehead atoms. The Morgan fingerprint density at radius 2 is 2.19 bits per heavy atom. The molecule has 7 heteroatoms. The fraction of sp³-hybridized carbons (Fsp3) is 0.450. The van der Waals surface area contributed by atoms with E-state index in [4.69, 9.17) is 4.99 Å². The number of guanidine groups is 1. The van der Waals surface area contributed by atoms with Gasteiger partial charge < -0.3 is 10.2 Å². The Labute approximate surface area is 179 Å². The molecule has 0 saturated carbocycles. The quantitative estimate of drug-likeness (QED) is 0.183.